The Hall–Kier alpha value is -5.44. The molecule has 0 amide bonds. The second kappa shape index (κ2) is 15.5. The molecule has 0 aromatic heterocycles. The maximum absolute atomic E-state index is 13.4. The van der Waals surface area contributed by atoms with Gasteiger partial charge in [-0.2, -0.15) is 5.26 Å². The van der Waals surface area contributed by atoms with E-state index in [0.717, 1.165) is 0 Å². The van der Waals surface area contributed by atoms with Crippen LogP contribution in [0.25, 0.3) is 0 Å². The minimum Gasteiger partial charge on any atom is -0.459 e. The Labute approximate surface area is 268 Å². The van der Waals surface area contributed by atoms with Crippen molar-refractivity contribution in [3.8, 4) is 5.40 Å². The molecule has 4 aromatic rings. The van der Waals surface area contributed by atoms with Gasteiger partial charge in [0, 0.05) is 0 Å². The third-order valence-corrected chi connectivity index (χ3v) is 7.62. The van der Waals surface area contributed by atoms with Crippen molar-refractivity contribution >= 4 is 35.6 Å². The van der Waals surface area contributed by atoms with Crippen molar-refractivity contribution in [3.63, 3.8) is 0 Å². The van der Waals surface area contributed by atoms with Crippen LogP contribution in [0.4, 0.5) is 0 Å². The molecule has 1 aliphatic heterocycles. The van der Waals surface area contributed by atoms with Crippen molar-refractivity contribution in [2.45, 2.75) is 29.9 Å². The zero-order chi connectivity index (χ0) is 32.3. The number of thiocyanates is 1. The first-order chi connectivity index (χ1) is 22.4. The van der Waals surface area contributed by atoms with Crippen LogP contribution in [0.15, 0.2) is 121 Å². The monoisotopic (exact) mass is 637 g/mol. The van der Waals surface area contributed by atoms with Crippen LogP contribution in [0.5, 0.6) is 0 Å². The van der Waals surface area contributed by atoms with E-state index in [1.807, 2.05) is 5.40 Å². The molecule has 1 saturated heterocycles. The number of nitrogens with zero attached hydrogens (tertiary/aromatic N) is 1. The molecule has 0 N–H and O–H groups in total. The van der Waals surface area contributed by atoms with Crippen molar-refractivity contribution in [3.05, 3.63) is 144 Å². The lowest BCUT2D eigenvalue weighted by Crippen LogP contribution is -2.61. The fourth-order valence-electron chi connectivity index (χ4n) is 4.67. The molecule has 0 bridgehead atoms. The largest absolute Gasteiger partial charge is 0.459 e. The van der Waals surface area contributed by atoms with E-state index in [0.29, 0.717) is 11.8 Å². The van der Waals surface area contributed by atoms with Gasteiger partial charge in [0.25, 0.3) is 0 Å². The summed E-state index contributed by atoms with van der Waals surface area (Å²) in [4.78, 5) is 53.0. The minimum atomic E-state index is -1.49. The number of ether oxygens (including phenoxy) is 5. The molecule has 4 aromatic carbocycles. The first-order valence-corrected chi connectivity index (χ1v) is 15.0. The highest BCUT2D eigenvalue weighted by Crippen LogP contribution is 2.35. The van der Waals surface area contributed by atoms with E-state index >= 15 is 0 Å². The molecule has 5 atom stereocenters. The number of thioether (sulfide) groups is 1. The molecule has 11 heteroatoms. The van der Waals surface area contributed by atoms with E-state index in [2.05, 4.69) is 0 Å². The summed E-state index contributed by atoms with van der Waals surface area (Å²) in [5, 5.41) is 11.6. The standard InChI is InChI=1S/C35H27NO9S/c36-22-46-35-30(45-34(40)26-19-11-4-12-20-26)29(44-33(39)25-17-9-3-10-18-25)28(43-32(38)24-15-7-2-8-16-24)27(42-35)21-41-31(37)23-13-5-1-6-14-23/h1-20,27-30,35H,21H2/t27-,28+,29+,30-,35+/m1/s1. The van der Waals surface area contributed by atoms with Gasteiger partial charge in [-0.1, -0.05) is 72.8 Å². The van der Waals surface area contributed by atoms with Gasteiger partial charge < -0.3 is 23.7 Å². The van der Waals surface area contributed by atoms with E-state index in [-0.39, 0.29) is 22.3 Å². The summed E-state index contributed by atoms with van der Waals surface area (Å²) in [5.41, 5.74) is -0.430. The summed E-state index contributed by atoms with van der Waals surface area (Å²) in [6.07, 6.45) is -5.62. The van der Waals surface area contributed by atoms with Gasteiger partial charge in [-0.05, 0) is 60.3 Å². The Kier molecular flexibility index (Phi) is 10.8. The molecule has 0 radical (unpaired) electrons. The van der Waals surface area contributed by atoms with E-state index in [9.17, 15) is 24.4 Å². The number of hydrogen-bond donors (Lipinski definition) is 0. The van der Waals surface area contributed by atoms with Gasteiger partial charge in [0.05, 0.1) is 22.3 Å². The van der Waals surface area contributed by atoms with Gasteiger partial charge in [-0.25, -0.2) is 19.2 Å². The van der Waals surface area contributed by atoms with Gasteiger partial charge in [-0.15, -0.1) is 0 Å². The van der Waals surface area contributed by atoms with Crippen molar-refractivity contribution in [2.75, 3.05) is 6.61 Å². The lowest BCUT2D eigenvalue weighted by Gasteiger charge is -2.43. The molecule has 1 aliphatic rings. The zero-order valence-corrected chi connectivity index (χ0v) is 25.0. The number of hydrogen-bond acceptors (Lipinski definition) is 11. The number of carbonyl (C=O) groups is 4. The second-order valence-corrected chi connectivity index (χ2v) is 10.8. The van der Waals surface area contributed by atoms with Crippen LogP contribution >= 0.6 is 11.8 Å². The smallest absolute Gasteiger partial charge is 0.338 e. The number of nitriles is 1. The van der Waals surface area contributed by atoms with Crippen LogP contribution in [-0.4, -0.2) is 60.3 Å². The van der Waals surface area contributed by atoms with Crippen LogP contribution < -0.4 is 0 Å². The number of rotatable bonds is 10. The molecule has 46 heavy (non-hydrogen) atoms. The van der Waals surface area contributed by atoms with Gasteiger partial charge >= 0.3 is 23.9 Å². The quantitative estimate of drug-likeness (QED) is 0.124. The predicted molar refractivity (Wildman–Crippen MR) is 166 cm³/mol. The Bertz CT molecular complexity index is 1680. The molecule has 0 aliphatic carbocycles. The van der Waals surface area contributed by atoms with E-state index in [1.54, 1.807) is 84.9 Å². The first kappa shape index (κ1) is 32.0. The Morgan fingerprint density at radius 3 is 1.35 bits per heavy atom. The molecule has 5 rings (SSSR count). The molecule has 0 spiro atoms. The molecular weight excluding hydrogens is 610 g/mol. The Balaban J connectivity index is 1.52. The fraction of sp³-hybridized carbons (Fsp3) is 0.171. The van der Waals surface area contributed by atoms with E-state index < -0.39 is 60.3 Å². The first-order valence-electron chi connectivity index (χ1n) is 14.1. The SMILES string of the molecule is N#CS[C@@H]1O[C@H](COC(=O)c2ccccc2)[C@H](OC(=O)c2ccccc2)[C@H](OC(=O)c2ccccc2)[C@H]1OC(=O)c1ccccc1. The Morgan fingerprint density at radius 2 is 0.935 bits per heavy atom. The average Bonchev–Trinajstić information content (AvgIpc) is 3.11. The normalized spacial score (nSPS) is 20.4. The zero-order valence-electron chi connectivity index (χ0n) is 24.2. The number of esters is 4. The fourth-order valence-corrected chi connectivity index (χ4v) is 5.32. The maximum atomic E-state index is 13.4. The molecule has 0 saturated carbocycles. The van der Waals surface area contributed by atoms with E-state index in [1.165, 1.54) is 36.4 Å². The molecular formula is C35H27NO9S. The third-order valence-electron chi connectivity index (χ3n) is 6.91. The van der Waals surface area contributed by atoms with Crippen molar-refractivity contribution in [1.29, 1.82) is 5.26 Å². The molecule has 0 unspecified atom stereocenters. The lowest BCUT2D eigenvalue weighted by molar-refractivity contribution is -0.207. The highest BCUT2D eigenvalue weighted by molar-refractivity contribution is 8.04. The van der Waals surface area contributed by atoms with Crippen LogP contribution in [0.1, 0.15) is 41.4 Å². The van der Waals surface area contributed by atoms with Crippen molar-refractivity contribution < 1.29 is 42.9 Å². The predicted octanol–water partition coefficient (Wildman–Crippen LogP) is 5.46. The van der Waals surface area contributed by atoms with Crippen molar-refractivity contribution in [2.24, 2.45) is 0 Å². The van der Waals surface area contributed by atoms with Gasteiger partial charge in [-0.3, -0.25) is 0 Å². The summed E-state index contributed by atoms with van der Waals surface area (Å²) in [7, 11) is 0. The van der Waals surface area contributed by atoms with Gasteiger partial charge in [0.2, 0.25) is 0 Å². The third kappa shape index (κ3) is 7.98. The number of benzene rings is 4. The van der Waals surface area contributed by atoms with Crippen LogP contribution in [-0.2, 0) is 23.7 Å². The van der Waals surface area contributed by atoms with Gasteiger partial charge in [0.15, 0.2) is 23.7 Å². The molecule has 1 heterocycles. The molecule has 1 fully saturated rings. The minimum absolute atomic E-state index is 0.173. The highest BCUT2D eigenvalue weighted by atomic mass is 32.2. The maximum Gasteiger partial charge on any atom is 0.338 e. The topological polar surface area (TPSA) is 138 Å². The number of carbonyl (C=O) groups excluding carboxylic acids is 4. The van der Waals surface area contributed by atoms with Crippen molar-refractivity contribution in [1.82, 2.24) is 0 Å². The van der Waals surface area contributed by atoms with Crippen LogP contribution in [0, 0.1) is 10.7 Å². The summed E-state index contributed by atoms with van der Waals surface area (Å²) in [6, 6.07) is 32.4. The van der Waals surface area contributed by atoms with Crippen LogP contribution in [0.3, 0.4) is 0 Å². The molecule has 10 nitrogen and oxygen atoms in total. The lowest BCUT2D eigenvalue weighted by atomic mass is 9.98. The van der Waals surface area contributed by atoms with Gasteiger partial charge in [0.1, 0.15) is 18.1 Å². The Morgan fingerprint density at radius 1 is 0.565 bits per heavy atom. The molecule has 232 valence electrons. The average molecular weight is 638 g/mol. The van der Waals surface area contributed by atoms with E-state index in [4.69, 9.17) is 23.7 Å². The van der Waals surface area contributed by atoms with Crippen LogP contribution in [0.2, 0.25) is 0 Å². The summed E-state index contributed by atoms with van der Waals surface area (Å²) in [6.45, 7) is -0.457. The summed E-state index contributed by atoms with van der Waals surface area (Å²) >= 11 is 0.610. The highest BCUT2D eigenvalue weighted by Gasteiger charge is 2.53. The summed E-state index contributed by atoms with van der Waals surface area (Å²) in [5.74, 6) is -3.08. The summed E-state index contributed by atoms with van der Waals surface area (Å²) < 4.78 is 29.4. The second-order valence-electron chi connectivity index (χ2n) is 9.92.